The number of benzene rings is 1. The molecule has 1 aromatic carbocycles. The van der Waals surface area contributed by atoms with Crippen LogP contribution in [0.25, 0.3) is 6.08 Å². The first-order valence-electron chi connectivity index (χ1n) is 15.0. The van der Waals surface area contributed by atoms with E-state index in [-0.39, 0.29) is 16.9 Å². The maximum atomic E-state index is 11.7. The fourth-order valence-electron chi connectivity index (χ4n) is 8.57. The molecule has 3 saturated carbocycles. The van der Waals surface area contributed by atoms with Crippen LogP contribution in [0.2, 0.25) is 0 Å². The molecule has 0 aromatic heterocycles. The summed E-state index contributed by atoms with van der Waals surface area (Å²) in [4.78, 5) is 2.35. The second kappa shape index (κ2) is 11.0. The molecule has 0 saturated heterocycles. The van der Waals surface area contributed by atoms with Crippen molar-refractivity contribution < 1.29 is 19.7 Å². The summed E-state index contributed by atoms with van der Waals surface area (Å²) in [5.41, 5.74) is 3.88. The Balaban J connectivity index is 1.36. The van der Waals surface area contributed by atoms with E-state index in [1.807, 2.05) is 6.07 Å². The van der Waals surface area contributed by atoms with Gasteiger partial charge in [-0.2, -0.15) is 0 Å². The lowest BCUT2D eigenvalue weighted by Crippen LogP contribution is -2.51. The molecule has 5 heteroatoms. The molecular weight excluding hydrogens is 474 g/mol. The quantitative estimate of drug-likeness (QED) is 0.404. The number of hydrogen-bond acceptors (Lipinski definition) is 5. The van der Waals surface area contributed by atoms with Gasteiger partial charge in [0.15, 0.2) is 11.5 Å². The van der Waals surface area contributed by atoms with Crippen LogP contribution in [0, 0.1) is 28.6 Å². The van der Waals surface area contributed by atoms with Gasteiger partial charge in [0.25, 0.3) is 0 Å². The van der Waals surface area contributed by atoms with E-state index in [1.165, 1.54) is 12.0 Å². The molecule has 5 nitrogen and oxygen atoms in total. The highest BCUT2D eigenvalue weighted by Gasteiger charge is 2.59. The predicted molar refractivity (Wildman–Crippen MR) is 153 cm³/mol. The number of likely N-dealkylation sites (N-methyl/N-ethyl adjacent to an activating group) is 1. The second-order valence-corrected chi connectivity index (χ2v) is 12.8. The predicted octanol–water partition coefficient (Wildman–Crippen LogP) is 6.09. The average Bonchev–Trinajstić information content (AvgIpc) is 3.17. The van der Waals surface area contributed by atoms with Crippen LogP contribution in [0.3, 0.4) is 0 Å². The molecule has 0 unspecified atom stereocenters. The molecule has 4 aliphatic rings. The highest BCUT2D eigenvalue weighted by atomic mass is 16.5. The molecule has 0 heterocycles. The zero-order valence-electron chi connectivity index (χ0n) is 24.2. The number of aliphatic hydroxyl groups is 2. The number of fused-ring (bicyclic) bond motifs is 5. The smallest absolute Gasteiger partial charge is 0.161 e. The minimum atomic E-state index is -0.408. The average molecular weight is 524 g/mol. The van der Waals surface area contributed by atoms with Crippen molar-refractivity contribution in [2.24, 2.45) is 28.6 Å². The first-order valence-corrected chi connectivity index (χ1v) is 15.0. The highest BCUT2D eigenvalue weighted by molar-refractivity contribution is 5.60. The summed E-state index contributed by atoms with van der Waals surface area (Å²) in [5, 5.41) is 22.0. The van der Waals surface area contributed by atoms with Crippen molar-refractivity contribution in [3.63, 3.8) is 0 Å². The van der Waals surface area contributed by atoms with Crippen molar-refractivity contribution >= 4 is 6.08 Å². The Bertz CT molecular complexity index is 1060. The molecule has 38 heavy (non-hydrogen) atoms. The first-order chi connectivity index (χ1) is 18.2. The Morgan fingerprint density at radius 3 is 2.55 bits per heavy atom. The van der Waals surface area contributed by atoms with E-state index >= 15 is 0 Å². The highest BCUT2D eigenvalue weighted by Crippen LogP contribution is 2.65. The summed E-state index contributed by atoms with van der Waals surface area (Å²) in [6.07, 6.45) is 11.3. The summed E-state index contributed by atoms with van der Waals surface area (Å²) in [6, 6.07) is 6.13. The van der Waals surface area contributed by atoms with Gasteiger partial charge in [-0.3, -0.25) is 0 Å². The Morgan fingerprint density at radius 2 is 1.82 bits per heavy atom. The van der Waals surface area contributed by atoms with Gasteiger partial charge in [-0.1, -0.05) is 51.5 Å². The summed E-state index contributed by atoms with van der Waals surface area (Å²) in [6.45, 7) is 12.7. The first kappa shape index (κ1) is 27.7. The Hall–Kier alpha value is -1.82. The number of ether oxygens (including phenoxy) is 2. The largest absolute Gasteiger partial charge is 0.493 e. The van der Waals surface area contributed by atoms with Crippen molar-refractivity contribution in [2.45, 2.75) is 84.8 Å². The lowest BCUT2D eigenvalue weighted by Gasteiger charge is -2.57. The summed E-state index contributed by atoms with van der Waals surface area (Å²) < 4.78 is 11.7. The molecule has 0 radical (unpaired) electrons. The molecule has 2 N–H and O–H groups in total. The van der Waals surface area contributed by atoms with Gasteiger partial charge in [0.1, 0.15) is 6.61 Å². The van der Waals surface area contributed by atoms with E-state index in [9.17, 15) is 10.2 Å². The van der Waals surface area contributed by atoms with Gasteiger partial charge < -0.3 is 24.6 Å². The van der Waals surface area contributed by atoms with Crippen LogP contribution < -0.4 is 9.47 Å². The lowest BCUT2D eigenvalue weighted by atomic mass is 9.48. The zero-order chi connectivity index (χ0) is 27.1. The Labute approximate surface area is 229 Å². The van der Waals surface area contributed by atoms with Crippen LogP contribution in [0.15, 0.2) is 35.4 Å². The van der Waals surface area contributed by atoms with Crippen molar-refractivity contribution in [3.8, 4) is 11.5 Å². The van der Waals surface area contributed by atoms with Crippen LogP contribution in [-0.4, -0.2) is 60.7 Å². The van der Waals surface area contributed by atoms with E-state index in [2.05, 4.69) is 56.9 Å². The number of rotatable bonds is 8. The number of nitrogens with zero attached hydrogens (tertiary/aromatic N) is 1. The molecule has 1 aromatic rings. The fraction of sp³-hybridized carbons (Fsp3) is 0.697. The molecular formula is C33H49NO4. The Kier molecular flexibility index (Phi) is 8.01. The minimum Gasteiger partial charge on any atom is -0.493 e. The van der Waals surface area contributed by atoms with Gasteiger partial charge >= 0.3 is 0 Å². The van der Waals surface area contributed by atoms with Crippen LogP contribution in [0.5, 0.6) is 11.5 Å². The van der Waals surface area contributed by atoms with Crippen molar-refractivity contribution in [2.75, 3.05) is 33.4 Å². The van der Waals surface area contributed by atoms with Crippen LogP contribution >= 0.6 is 0 Å². The third-order valence-corrected chi connectivity index (χ3v) is 11.0. The van der Waals surface area contributed by atoms with E-state index in [0.29, 0.717) is 24.4 Å². The molecule has 7 atom stereocenters. The third kappa shape index (κ3) is 4.84. The maximum Gasteiger partial charge on any atom is 0.161 e. The van der Waals surface area contributed by atoms with Crippen LogP contribution in [0.1, 0.15) is 78.2 Å². The zero-order valence-corrected chi connectivity index (χ0v) is 24.2. The van der Waals surface area contributed by atoms with Gasteiger partial charge in [0.05, 0.1) is 19.3 Å². The van der Waals surface area contributed by atoms with E-state index in [0.717, 1.165) is 80.8 Å². The van der Waals surface area contributed by atoms with E-state index in [4.69, 9.17) is 9.47 Å². The third-order valence-electron chi connectivity index (χ3n) is 11.0. The molecule has 0 amide bonds. The number of allylic oxidation sites excluding steroid dienone is 1. The lowest BCUT2D eigenvalue weighted by molar-refractivity contribution is -0.0685. The standard InChI is InChI=1S/C33H49NO4/c1-6-34(7-2)16-17-38-30-19-22(8-11-29(30)37-5)18-23-20-28-26-10-9-24-21-25(35)12-14-32(24,3)27(26)13-15-33(28,4)31(23)36/h8-9,11,18-19,25-28,31,35-36H,6-7,10,12-17,20-21H2,1-5H3/b23-18+/t25-,26+,27-,28-,31-,32-,33-/m0/s1. The molecule has 4 aliphatic carbocycles. The maximum absolute atomic E-state index is 11.7. The number of methoxy groups -OCH3 is 1. The molecule has 0 bridgehead atoms. The minimum absolute atomic E-state index is 0.0710. The molecule has 210 valence electrons. The molecule has 0 aliphatic heterocycles. The molecule has 3 fully saturated rings. The summed E-state index contributed by atoms with van der Waals surface area (Å²) in [7, 11) is 1.69. The normalized spacial score (nSPS) is 37.4. The van der Waals surface area contributed by atoms with E-state index in [1.54, 1.807) is 7.11 Å². The van der Waals surface area contributed by atoms with Crippen molar-refractivity contribution in [1.82, 2.24) is 4.90 Å². The monoisotopic (exact) mass is 523 g/mol. The second-order valence-electron chi connectivity index (χ2n) is 12.8. The number of hydrogen-bond donors (Lipinski definition) is 2. The summed E-state index contributed by atoms with van der Waals surface area (Å²) in [5.74, 6) is 3.27. The van der Waals surface area contributed by atoms with Crippen molar-refractivity contribution in [3.05, 3.63) is 41.0 Å². The van der Waals surface area contributed by atoms with Gasteiger partial charge in [-0.15, -0.1) is 0 Å². The summed E-state index contributed by atoms with van der Waals surface area (Å²) >= 11 is 0. The fourth-order valence-corrected chi connectivity index (χ4v) is 8.57. The topological polar surface area (TPSA) is 62.2 Å². The molecule has 0 spiro atoms. The van der Waals surface area contributed by atoms with Gasteiger partial charge in [0, 0.05) is 12.0 Å². The van der Waals surface area contributed by atoms with Gasteiger partial charge in [0.2, 0.25) is 0 Å². The SMILES string of the molecule is CCN(CC)CCOc1cc(/C=C2\C[C@H]3[C@@H]4CC=C5C[C@@H](O)CC[C@]5(C)[C@H]4CC[C@]3(C)[C@H]2O)ccc1OC. The number of aliphatic hydroxyl groups excluding tert-OH is 2. The van der Waals surface area contributed by atoms with Crippen LogP contribution in [-0.2, 0) is 0 Å². The van der Waals surface area contributed by atoms with Gasteiger partial charge in [-0.25, -0.2) is 0 Å². The van der Waals surface area contributed by atoms with Gasteiger partial charge in [-0.05, 0) is 104 Å². The van der Waals surface area contributed by atoms with Crippen LogP contribution in [0.4, 0.5) is 0 Å². The molecule has 5 rings (SSSR count). The Morgan fingerprint density at radius 1 is 1.03 bits per heavy atom. The van der Waals surface area contributed by atoms with Crippen molar-refractivity contribution in [1.29, 1.82) is 0 Å². The van der Waals surface area contributed by atoms with E-state index < -0.39 is 6.10 Å².